The number of fused-ring (bicyclic) bond motifs is 1. The van der Waals surface area contributed by atoms with Gasteiger partial charge in [-0.2, -0.15) is 13.2 Å². The number of alkyl halides is 3. The zero-order chi connectivity index (χ0) is 11.9. The second-order valence-corrected chi connectivity index (χ2v) is 3.83. The molecule has 0 spiro atoms. The number of hydrogen-bond acceptors (Lipinski definition) is 2. The summed E-state index contributed by atoms with van der Waals surface area (Å²) < 4.78 is 38.3. The Morgan fingerprint density at radius 1 is 1.19 bits per heavy atom. The van der Waals surface area contributed by atoms with E-state index in [9.17, 15) is 18.0 Å². The van der Waals surface area contributed by atoms with Crippen LogP contribution >= 0.6 is 0 Å². The van der Waals surface area contributed by atoms with Crippen LogP contribution in [0.2, 0.25) is 0 Å². The summed E-state index contributed by atoms with van der Waals surface area (Å²) in [4.78, 5) is 11.5. The molecule has 5 heteroatoms. The fourth-order valence-electron chi connectivity index (χ4n) is 2.08. The van der Waals surface area contributed by atoms with Crippen LogP contribution in [0.25, 0.3) is 0 Å². The molecule has 1 aromatic rings. The van der Waals surface area contributed by atoms with Crippen LogP contribution in [0.15, 0.2) is 12.1 Å². The number of hydrogen-bond donors (Lipinski definition) is 1. The van der Waals surface area contributed by atoms with Gasteiger partial charge in [-0.15, -0.1) is 0 Å². The molecule has 0 bridgehead atoms. The minimum Gasteiger partial charge on any atom is -0.398 e. The first-order valence-corrected chi connectivity index (χ1v) is 4.93. The van der Waals surface area contributed by atoms with Crippen molar-refractivity contribution < 1.29 is 18.0 Å². The normalized spacial score (nSPS) is 16.1. The van der Waals surface area contributed by atoms with Crippen LogP contribution < -0.4 is 5.73 Å². The van der Waals surface area contributed by atoms with Gasteiger partial charge < -0.3 is 5.73 Å². The second-order valence-electron chi connectivity index (χ2n) is 3.83. The van der Waals surface area contributed by atoms with Crippen molar-refractivity contribution >= 4 is 11.5 Å². The highest BCUT2D eigenvalue weighted by Crippen LogP contribution is 2.39. The Hall–Kier alpha value is -1.52. The molecule has 0 saturated carbocycles. The van der Waals surface area contributed by atoms with E-state index in [0.717, 1.165) is 6.07 Å². The highest BCUT2D eigenvalue weighted by atomic mass is 19.4. The van der Waals surface area contributed by atoms with E-state index in [2.05, 4.69) is 0 Å². The zero-order valence-electron chi connectivity index (χ0n) is 8.40. The van der Waals surface area contributed by atoms with Crippen molar-refractivity contribution in [3.8, 4) is 0 Å². The van der Waals surface area contributed by atoms with Crippen LogP contribution in [0, 0.1) is 0 Å². The summed E-state index contributed by atoms with van der Waals surface area (Å²) in [6.07, 6.45) is -3.46. The molecule has 2 rings (SSSR count). The van der Waals surface area contributed by atoms with Gasteiger partial charge in [0.25, 0.3) is 0 Å². The molecule has 16 heavy (non-hydrogen) atoms. The van der Waals surface area contributed by atoms with Crippen LogP contribution in [0.1, 0.15) is 34.3 Å². The van der Waals surface area contributed by atoms with E-state index in [1.165, 1.54) is 6.07 Å². The smallest absolute Gasteiger partial charge is 0.398 e. The number of carbonyl (C=O) groups excluding carboxylic acids is 1. The molecule has 86 valence electrons. The predicted octanol–water partition coefficient (Wildman–Crippen LogP) is 2.81. The number of nitrogen functional groups attached to an aromatic ring is 1. The molecule has 1 aromatic carbocycles. The summed E-state index contributed by atoms with van der Waals surface area (Å²) >= 11 is 0. The molecular formula is C11H10F3NO. The maximum absolute atomic E-state index is 12.8. The van der Waals surface area contributed by atoms with Gasteiger partial charge in [0.1, 0.15) is 0 Å². The van der Waals surface area contributed by atoms with E-state index in [1.807, 2.05) is 0 Å². The van der Waals surface area contributed by atoms with Crippen molar-refractivity contribution in [2.75, 3.05) is 5.73 Å². The maximum atomic E-state index is 12.8. The minimum atomic E-state index is -4.49. The van der Waals surface area contributed by atoms with E-state index in [-0.39, 0.29) is 29.0 Å². The average Bonchev–Trinajstić information content (AvgIpc) is 2.15. The van der Waals surface area contributed by atoms with Gasteiger partial charge in [0.2, 0.25) is 0 Å². The van der Waals surface area contributed by atoms with E-state index in [4.69, 9.17) is 5.73 Å². The van der Waals surface area contributed by atoms with Crippen molar-refractivity contribution in [3.63, 3.8) is 0 Å². The van der Waals surface area contributed by atoms with Crippen molar-refractivity contribution in [3.05, 3.63) is 28.8 Å². The van der Waals surface area contributed by atoms with Gasteiger partial charge in [0.05, 0.1) is 5.56 Å². The van der Waals surface area contributed by atoms with Gasteiger partial charge in [0.15, 0.2) is 5.78 Å². The number of anilines is 1. The lowest BCUT2D eigenvalue weighted by Crippen LogP contribution is -2.19. The third-order valence-electron chi connectivity index (χ3n) is 2.76. The van der Waals surface area contributed by atoms with Crippen LogP contribution in [0.3, 0.4) is 0 Å². The van der Waals surface area contributed by atoms with Gasteiger partial charge in [-0.25, -0.2) is 0 Å². The largest absolute Gasteiger partial charge is 0.418 e. The SMILES string of the molecule is Nc1ccc2c(c1C(F)(F)F)CCCC2=O. The summed E-state index contributed by atoms with van der Waals surface area (Å²) in [5.74, 6) is -0.230. The quantitative estimate of drug-likeness (QED) is 0.695. The Labute approximate surface area is 90.2 Å². The van der Waals surface area contributed by atoms with Gasteiger partial charge in [-0.3, -0.25) is 4.79 Å². The third-order valence-corrected chi connectivity index (χ3v) is 2.76. The summed E-state index contributed by atoms with van der Waals surface area (Å²) in [6, 6.07) is 2.55. The highest BCUT2D eigenvalue weighted by Gasteiger charge is 2.38. The lowest BCUT2D eigenvalue weighted by atomic mass is 9.86. The molecule has 0 saturated heterocycles. The molecule has 0 aromatic heterocycles. The zero-order valence-corrected chi connectivity index (χ0v) is 8.40. The molecule has 2 N–H and O–H groups in total. The Bertz CT molecular complexity index is 451. The first kappa shape index (κ1) is 11.0. The van der Waals surface area contributed by atoms with Crippen LogP contribution in [-0.2, 0) is 12.6 Å². The number of rotatable bonds is 0. The third kappa shape index (κ3) is 1.66. The molecule has 1 aliphatic carbocycles. The molecule has 1 aliphatic rings. The van der Waals surface area contributed by atoms with E-state index < -0.39 is 11.7 Å². The average molecular weight is 229 g/mol. The summed E-state index contributed by atoms with van der Waals surface area (Å²) in [5, 5.41) is 0. The predicted molar refractivity (Wildman–Crippen MR) is 53.1 cm³/mol. The molecule has 2 nitrogen and oxygen atoms in total. The van der Waals surface area contributed by atoms with Crippen molar-refractivity contribution in [2.24, 2.45) is 0 Å². The summed E-state index contributed by atoms with van der Waals surface area (Å²) in [7, 11) is 0. The molecule has 0 heterocycles. The van der Waals surface area contributed by atoms with Crippen LogP contribution in [0.5, 0.6) is 0 Å². The number of benzene rings is 1. The van der Waals surface area contributed by atoms with Gasteiger partial charge in [0, 0.05) is 17.7 Å². The number of nitrogens with two attached hydrogens (primary N) is 1. The molecule has 0 aliphatic heterocycles. The summed E-state index contributed by atoms with van der Waals surface area (Å²) in [6.45, 7) is 0. The van der Waals surface area contributed by atoms with Crippen molar-refractivity contribution in [1.82, 2.24) is 0 Å². The lowest BCUT2D eigenvalue weighted by molar-refractivity contribution is -0.137. The molecular weight excluding hydrogens is 219 g/mol. The molecule has 0 unspecified atom stereocenters. The Kier molecular flexibility index (Phi) is 2.40. The second kappa shape index (κ2) is 3.50. The van der Waals surface area contributed by atoms with Crippen LogP contribution in [0.4, 0.5) is 18.9 Å². The number of Topliss-reactive ketones (excluding diaryl/α,β-unsaturated/α-hetero) is 1. The fraction of sp³-hybridized carbons (Fsp3) is 0.364. The minimum absolute atomic E-state index is 0.0590. The number of halogens is 3. The number of ketones is 1. The first-order valence-electron chi connectivity index (χ1n) is 4.93. The topological polar surface area (TPSA) is 43.1 Å². The van der Waals surface area contributed by atoms with Gasteiger partial charge in [-0.1, -0.05) is 0 Å². The first-order chi connectivity index (χ1) is 7.41. The Balaban J connectivity index is 2.68. The standard InChI is InChI=1S/C11H10F3NO/c12-11(13,14)10-7-2-1-3-9(16)6(7)4-5-8(10)15/h4-5H,1-3,15H2. The van der Waals surface area contributed by atoms with Gasteiger partial charge in [-0.05, 0) is 30.5 Å². The molecule has 0 fully saturated rings. The van der Waals surface area contributed by atoms with E-state index in [1.54, 1.807) is 0 Å². The van der Waals surface area contributed by atoms with Crippen molar-refractivity contribution in [2.45, 2.75) is 25.4 Å². The highest BCUT2D eigenvalue weighted by molar-refractivity contribution is 5.99. The maximum Gasteiger partial charge on any atom is 0.418 e. The molecule has 0 radical (unpaired) electrons. The van der Waals surface area contributed by atoms with E-state index >= 15 is 0 Å². The number of carbonyl (C=O) groups is 1. The monoisotopic (exact) mass is 229 g/mol. The molecule has 0 atom stereocenters. The Morgan fingerprint density at radius 3 is 2.50 bits per heavy atom. The van der Waals surface area contributed by atoms with Crippen LogP contribution in [-0.4, -0.2) is 5.78 Å². The van der Waals surface area contributed by atoms with Crippen molar-refractivity contribution in [1.29, 1.82) is 0 Å². The lowest BCUT2D eigenvalue weighted by Gasteiger charge is -2.21. The van der Waals surface area contributed by atoms with Gasteiger partial charge >= 0.3 is 6.18 Å². The molecule has 0 amide bonds. The van der Waals surface area contributed by atoms with E-state index in [0.29, 0.717) is 12.8 Å². The fourth-order valence-corrected chi connectivity index (χ4v) is 2.08. The Morgan fingerprint density at radius 2 is 1.88 bits per heavy atom. The summed E-state index contributed by atoms with van der Waals surface area (Å²) in [5.41, 5.74) is 4.44.